The highest BCUT2D eigenvalue weighted by molar-refractivity contribution is 7.99. The fourth-order valence-electron chi connectivity index (χ4n) is 4.31. The van der Waals surface area contributed by atoms with Crippen LogP contribution in [-0.4, -0.2) is 21.1 Å². The SMILES string of the molecule is C=CCn1c(SCC(=O)c2ccc(-c3ccccc3)cc2)nc2sc3c(c2c1=O)CCCC3. The first-order valence-electron chi connectivity index (χ1n) is 11.1. The van der Waals surface area contributed by atoms with Crippen LogP contribution in [0.1, 0.15) is 33.6 Å². The third-order valence-electron chi connectivity index (χ3n) is 6.00. The molecule has 5 rings (SSSR count). The van der Waals surface area contributed by atoms with Gasteiger partial charge in [-0.05, 0) is 42.4 Å². The van der Waals surface area contributed by atoms with E-state index < -0.39 is 0 Å². The van der Waals surface area contributed by atoms with Crippen LogP contribution in [0, 0.1) is 0 Å². The molecule has 0 bridgehead atoms. The molecule has 4 aromatic rings. The number of ketones is 1. The number of thiophene rings is 1. The van der Waals surface area contributed by atoms with Crippen molar-refractivity contribution in [2.75, 3.05) is 5.75 Å². The molecule has 0 spiro atoms. The first-order chi connectivity index (χ1) is 16.2. The molecule has 33 heavy (non-hydrogen) atoms. The average Bonchev–Trinajstić information content (AvgIpc) is 3.24. The predicted molar refractivity (Wildman–Crippen MR) is 138 cm³/mol. The molecule has 0 N–H and O–H groups in total. The maximum atomic E-state index is 13.3. The number of hydrogen-bond donors (Lipinski definition) is 0. The van der Waals surface area contributed by atoms with Crippen molar-refractivity contribution in [3.8, 4) is 11.1 Å². The summed E-state index contributed by atoms with van der Waals surface area (Å²) in [5.74, 6) is 0.245. The quantitative estimate of drug-likeness (QED) is 0.140. The van der Waals surface area contributed by atoms with Crippen LogP contribution in [0.2, 0.25) is 0 Å². The van der Waals surface area contributed by atoms with E-state index in [1.807, 2.05) is 42.5 Å². The number of thioether (sulfide) groups is 1. The second-order valence-electron chi connectivity index (χ2n) is 8.15. The fourth-order valence-corrected chi connectivity index (χ4v) is 6.52. The normalized spacial score (nSPS) is 13.1. The number of allylic oxidation sites excluding steroid dienone is 1. The molecule has 0 saturated heterocycles. The number of rotatable bonds is 7. The van der Waals surface area contributed by atoms with Gasteiger partial charge in [-0.15, -0.1) is 17.9 Å². The highest BCUT2D eigenvalue weighted by Gasteiger charge is 2.22. The van der Waals surface area contributed by atoms with Gasteiger partial charge in [0, 0.05) is 17.0 Å². The third kappa shape index (κ3) is 4.33. The van der Waals surface area contributed by atoms with Gasteiger partial charge in [0.25, 0.3) is 5.56 Å². The number of nitrogens with zero attached hydrogens (tertiary/aromatic N) is 2. The van der Waals surface area contributed by atoms with Crippen molar-refractivity contribution in [3.63, 3.8) is 0 Å². The molecule has 6 heteroatoms. The lowest BCUT2D eigenvalue weighted by Crippen LogP contribution is -2.23. The summed E-state index contributed by atoms with van der Waals surface area (Å²) in [5.41, 5.74) is 4.03. The number of hydrogen-bond acceptors (Lipinski definition) is 5. The van der Waals surface area contributed by atoms with Crippen molar-refractivity contribution < 1.29 is 4.79 Å². The van der Waals surface area contributed by atoms with Crippen LogP contribution in [0.4, 0.5) is 0 Å². The van der Waals surface area contributed by atoms with Gasteiger partial charge in [0.15, 0.2) is 10.9 Å². The number of fused-ring (bicyclic) bond motifs is 3. The summed E-state index contributed by atoms with van der Waals surface area (Å²) >= 11 is 2.96. The summed E-state index contributed by atoms with van der Waals surface area (Å²) < 4.78 is 1.66. The van der Waals surface area contributed by atoms with Gasteiger partial charge in [0.2, 0.25) is 0 Å². The minimum absolute atomic E-state index is 0.0125. The van der Waals surface area contributed by atoms with Gasteiger partial charge in [0.05, 0.1) is 11.1 Å². The van der Waals surface area contributed by atoms with E-state index in [9.17, 15) is 9.59 Å². The maximum Gasteiger partial charge on any atom is 0.263 e. The average molecular weight is 473 g/mol. The number of carbonyl (C=O) groups is 1. The third-order valence-corrected chi connectivity index (χ3v) is 8.16. The first-order valence-corrected chi connectivity index (χ1v) is 12.9. The summed E-state index contributed by atoms with van der Waals surface area (Å²) in [6, 6.07) is 17.8. The van der Waals surface area contributed by atoms with Crippen LogP contribution in [0.15, 0.2) is 77.2 Å². The summed E-state index contributed by atoms with van der Waals surface area (Å²) in [4.78, 5) is 33.1. The van der Waals surface area contributed by atoms with Gasteiger partial charge in [-0.2, -0.15) is 0 Å². The summed E-state index contributed by atoms with van der Waals surface area (Å²) in [6.07, 6.45) is 5.97. The molecule has 0 radical (unpaired) electrons. The molecular weight excluding hydrogens is 448 g/mol. The van der Waals surface area contributed by atoms with Crippen LogP contribution in [-0.2, 0) is 19.4 Å². The van der Waals surface area contributed by atoms with Gasteiger partial charge in [0.1, 0.15) is 4.83 Å². The minimum Gasteiger partial charge on any atom is -0.293 e. The summed E-state index contributed by atoms with van der Waals surface area (Å²) in [7, 11) is 0. The van der Waals surface area contributed by atoms with E-state index in [0.717, 1.165) is 40.6 Å². The molecule has 1 aliphatic carbocycles. The molecule has 2 heterocycles. The molecule has 0 atom stereocenters. The molecule has 1 aliphatic rings. The number of benzene rings is 2. The minimum atomic E-state index is -0.0125. The predicted octanol–water partition coefficient (Wildman–Crippen LogP) is 6.16. The molecule has 2 aromatic heterocycles. The van der Waals surface area contributed by atoms with Gasteiger partial charge >= 0.3 is 0 Å². The zero-order chi connectivity index (χ0) is 22.8. The van der Waals surface area contributed by atoms with Crippen molar-refractivity contribution in [1.29, 1.82) is 0 Å². The molecule has 0 saturated carbocycles. The number of aryl methyl sites for hydroxylation is 2. The largest absolute Gasteiger partial charge is 0.293 e. The Morgan fingerprint density at radius 3 is 2.55 bits per heavy atom. The standard InChI is InChI=1S/C27H24N2O2S2/c1-2-16-29-26(31)24-21-10-6-7-11-23(21)33-25(24)28-27(29)32-17-22(30)20-14-12-19(13-15-20)18-8-4-3-5-9-18/h2-5,8-9,12-15H,1,6-7,10-11,16-17H2. The second kappa shape index (κ2) is 9.49. The molecule has 0 amide bonds. The van der Waals surface area contributed by atoms with Crippen LogP contribution in [0.25, 0.3) is 21.3 Å². The Bertz CT molecular complexity index is 1390. The van der Waals surface area contributed by atoms with Gasteiger partial charge in [-0.1, -0.05) is 72.4 Å². The van der Waals surface area contributed by atoms with E-state index in [4.69, 9.17) is 4.98 Å². The highest BCUT2D eigenvalue weighted by Crippen LogP contribution is 2.34. The Labute approximate surface area is 201 Å². The van der Waals surface area contributed by atoms with Crippen molar-refractivity contribution in [1.82, 2.24) is 9.55 Å². The Balaban J connectivity index is 1.39. The lowest BCUT2D eigenvalue weighted by atomic mass is 9.97. The van der Waals surface area contributed by atoms with Crippen LogP contribution in [0.3, 0.4) is 0 Å². The molecule has 0 fully saturated rings. The Morgan fingerprint density at radius 2 is 1.79 bits per heavy atom. The monoisotopic (exact) mass is 472 g/mol. The van der Waals surface area contributed by atoms with Gasteiger partial charge < -0.3 is 0 Å². The molecule has 166 valence electrons. The molecule has 0 aliphatic heterocycles. The fraction of sp³-hybridized carbons (Fsp3) is 0.222. The van der Waals surface area contributed by atoms with E-state index in [-0.39, 0.29) is 17.1 Å². The second-order valence-corrected chi connectivity index (χ2v) is 10.2. The maximum absolute atomic E-state index is 13.3. The van der Waals surface area contributed by atoms with Gasteiger partial charge in [-0.25, -0.2) is 4.98 Å². The van der Waals surface area contributed by atoms with Crippen LogP contribution in [0.5, 0.6) is 0 Å². The van der Waals surface area contributed by atoms with Crippen molar-refractivity contribution in [2.24, 2.45) is 0 Å². The summed E-state index contributed by atoms with van der Waals surface area (Å²) in [5, 5.41) is 1.35. The van der Waals surface area contributed by atoms with E-state index in [0.29, 0.717) is 17.3 Å². The number of carbonyl (C=O) groups excluding carboxylic acids is 1. The van der Waals surface area contributed by atoms with Crippen molar-refractivity contribution in [2.45, 2.75) is 37.4 Å². The lowest BCUT2D eigenvalue weighted by Gasteiger charge is -2.12. The van der Waals surface area contributed by atoms with Crippen LogP contribution < -0.4 is 5.56 Å². The van der Waals surface area contributed by atoms with E-state index in [1.54, 1.807) is 22.0 Å². The molecule has 2 aromatic carbocycles. The van der Waals surface area contributed by atoms with E-state index in [1.165, 1.54) is 28.6 Å². The smallest absolute Gasteiger partial charge is 0.263 e. The molecule has 4 nitrogen and oxygen atoms in total. The van der Waals surface area contributed by atoms with Crippen molar-refractivity contribution >= 4 is 39.1 Å². The zero-order valence-electron chi connectivity index (χ0n) is 18.3. The van der Waals surface area contributed by atoms with E-state index in [2.05, 4.69) is 18.7 Å². The molecular formula is C27H24N2O2S2. The first kappa shape index (κ1) is 21.9. The molecule has 0 unspecified atom stereocenters. The van der Waals surface area contributed by atoms with Gasteiger partial charge in [-0.3, -0.25) is 14.2 Å². The van der Waals surface area contributed by atoms with Crippen LogP contribution >= 0.6 is 23.1 Å². The summed E-state index contributed by atoms with van der Waals surface area (Å²) in [6.45, 7) is 4.19. The zero-order valence-corrected chi connectivity index (χ0v) is 19.9. The Hall–Kier alpha value is -2.96. The highest BCUT2D eigenvalue weighted by atomic mass is 32.2. The van der Waals surface area contributed by atoms with E-state index >= 15 is 0 Å². The number of Topliss-reactive ketones (excluding diaryl/α,β-unsaturated/α-hetero) is 1. The topological polar surface area (TPSA) is 52.0 Å². The Morgan fingerprint density at radius 1 is 1.06 bits per heavy atom. The Kier molecular flexibility index (Phi) is 6.29. The lowest BCUT2D eigenvalue weighted by molar-refractivity contribution is 0.102. The van der Waals surface area contributed by atoms with Crippen molar-refractivity contribution in [3.05, 3.63) is 93.6 Å². The number of aromatic nitrogens is 2.